The van der Waals surface area contributed by atoms with E-state index >= 15 is 0 Å². The first-order valence-electron chi connectivity index (χ1n) is 6.98. The third-order valence-corrected chi connectivity index (χ3v) is 3.97. The molecule has 0 spiro atoms. The normalized spacial score (nSPS) is 22.8. The lowest BCUT2D eigenvalue weighted by molar-refractivity contribution is -0.139. The number of nitrogens with zero attached hydrogens (tertiary/aromatic N) is 1. The maximum Gasteiger partial charge on any atom is 0.318 e. The molecule has 2 aliphatic rings. The summed E-state index contributed by atoms with van der Waals surface area (Å²) >= 11 is 0. The summed E-state index contributed by atoms with van der Waals surface area (Å²) in [6.45, 7) is 2.27. The highest BCUT2D eigenvalue weighted by Crippen LogP contribution is 2.31. The molecule has 0 bridgehead atoms. The van der Waals surface area contributed by atoms with Crippen molar-refractivity contribution in [3.63, 3.8) is 0 Å². The molecule has 0 radical (unpaired) electrons. The predicted molar refractivity (Wildman–Crippen MR) is 69.0 cm³/mol. The molecule has 1 aliphatic heterocycles. The lowest BCUT2D eigenvalue weighted by Crippen LogP contribution is -2.56. The molecule has 108 valence electrons. The van der Waals surface area contributed by atoms with Gasteiger partial charge in [-0.15, -0.1) is 0 Å². The third-order valence-electron chi connectivity index (χ3n) is 3.97. The topological polar surface area (TPSA) is 78.9 Å². The molecular weight excluding hydrogens is 248 g/mol. The van der Waals surface area contributed by atoms with Gasteiger partial charge in [0.05, 0.1) is 25.2 Å². The second-order valence-corrected chi connectivity index (χ2v) is 5.44. The van der Waals surface area contributed by atoms with Crippen LogP contribution in [0.2, 0.25) is 0 Å². The van der Waals surface area contributed by atoms with Crippen LogP contribution in [0, 0.1) is 0 Å². The molecule has 2 fully saturated rings. The Bertz CT molecular complexity index is 334. The Kier molecular flexibility index (Phi) is 4.63. The average molecular weight is 270 g/mol. The fourth-order valence-electron chi connectivity index (χ4n) is 2.94. The number of aliphatic carboxylic acids is 1. The molecule has 2 rings (SSSR count). The lowest BCUT2D eigenvalue weighted by atomic mass is 9.79. The third kappa shape index (κ3) is 3.83. The second kappa shape index (κ2) is 6.23. The highest BCUT2D eigenvalue weighted by Gasteiger charge is 2.37. The van der Waals surface area contributed by atoms with Crippen LogP contribution in [-0.2, 0) is 9.53 Å². The van der Waals surface area contributed by atoms with Gasteiger partial charge in [0, 0.05) is 13.1 Å². The quantitative estimate of drug-likeness (QED) is 0.808. The molecule has 6 nitrogen and oxygen atoms in total. The van der Waals surface area contributed by atoms with Gasteiger partial charge in [0.25, 0.3) is 0 Å². The van der Waals surface area contributed by atoms with E-state index in [9.17, 15) is 9.59 Å². The van der Waals surface area contributed by atoms with E-state index in [0.29, 0.717) is 26.3 Å². The number of hydrogen-bond donors (Lipinski definition) is 2. The SMILES string of the molecule is O=C(O)CC1(NC(=O)N2CCOCC2)CCCCC1. The van der Waals surface area contributed by atoms with Crippen LogP contribution in [0.3, 0.4) is 0 Å². The highest BCUT2D eigenvalue weighted by molar-refractivity contribution is 5.77. The number of carbonyl (C=O) groups excluding carboxylic acids is 1. The number of hydrogen-bond acceptors (Lipinski definition) is 3. The summed E-state index contributed by atoms with van der Waals surface area (Å²) in [5, 5.41) is 12.1. The smallest absolute Gasteiger partial charge is 0.318 e. The number of carboxylic acids is 1. The van der Waals surface area contributed by atoms with E-state index in [1.165, 1.54) is 0 Å². The predicted octanol–water partition coefficient (Wildman–Crippen LogP) is 1.21. The van der Waals surface area contributed by atoms with Gasteiger partial charge in [0.15, 0.2) is 0 Å². The molecule has 1 saturated heterocycles. The van der Waals surface area contributed by atoms with Crippen molar-refractivity contribution in [3.8, 4) is 0 Å². The minimum atomic E-state index is -0.843. The highest BCUT2D eigenvalue weighted by atomic mass is 16.5. The van der Waals surface area contributed by atoms with E-state index in [0.717, 1.165) is 32.1 Å². The van der Waals surface area contributed by atoms with Crippen LogP contribution in [0.5, 0.6) is 0 Å². The van der Waals surface area contributed by atoms with E-state index < -0.39 is 11.5 Å². The number of nitrogens with one attached hydrogen (secondary N) is 1. The fraction of sp³-hybridized carbons (Fsp3) is 0.846. The summed E-state index contributed by atoms with van der Waals surface area (Å²) in [4.78, 5) is 25.0. The van der Waals surface area contributed by atoms with Gasteiger partial charge in [-0.2, -0.15) is 0 Å². The van der Waals surface area contributed by atoms with E-state index in [1.54, 1.807) is 4.90 Å². The zero-order valence-corrected chi connectivity index (χ0v) is 11.2. The number of morpholine rings is 1. The van der Waals surface area contributed by atoms with Gasteiger partial charge >= 0.3 is 12.0 Å². The van der Waals surface area contributed by atoms with Gasteiger partial charge < -0.3 is 20.1 Å². The molecule has 6 heteroatoms. The average Bonchev–Trinajstić information content (AvgIpc) is 2.39. The van der Waals surface area contributed by atoms with E-state index in [4.69, 9.17) is 9.84 Å². The Balaban J connectivity index is 1.98. The van der Waals surface area contributed by atoms with Gasteiger partial charge in [0.2, 0.25) is 0 Å². The van der Waals surface area contributed by atoms with Crippen molar-refractivity contribution in [3.05, 3.63) is 0 Å². The molecule has 19 heavy (non-hydrogen) atoms. The molecule has 1 saturated carbocycles. The number of urea groups is 1. The van der Waals surface area contributed by atoms with E-state index in [-0.39, 0.29) is 12.5 Å². The monoisotopic (exact) mass is 270 g/mol. The second-order valence-electron chi connectivity index (χ2n) is 5.44. The molecule has 0 atom stereocenters. The van der Waals surface area contributed by atoms with Gasteiger partial charge in [0.1, 0.15) is 0 Å². The Labute approximate surface area is 113 Å². The molecule has 2 N–H and O–H groups in total. The van der Waals surface area contributed by atoms with Crippen molar-refractivity contribution in [2.45, 2.75) is 44.1 Å². The molecule has 2 amide bonds. The first-order chi connectivity index (χ1) is 9.11. The van der Waals surface area contributed by atoms with Crippen molar-refractivity contribution in [1.82, 2.24) is 10.2 Å². The van der Waals surface area contributed by atoms with Crippen molar-refractivity contribution in [2.24, 2.45) is 0 Å². The summed E-state index contributed by atoms with van der Waals surface area (Å²) in [7, 11) is 0. The number of ether oxygens (including phenoxy) is 1. The summed E-state index contributed by atoms with van der Waals surface area (Å²) in [6, 6.07) is -0.147. The van der Waals surface area contributed by atoms with Gasteiger partial charge in [-0.1, -0.05) is 19.3 Å². The molecule has 0 aromatic carbocycles. The number of amides is 2. The first kappa shape index (κ1) is 14.1. The molecular formula is C13H22N2O4. The summed E-state index contributed by atoms with van der Waals surface area (Å²) in [5.41, 5.74) is -0.556. The molecule has 1 heterocycles. The molecule has 0 aromatic heterocycles. The van der Waals surface area contributed by atoms with Gasteiger partial charge in [-0.05, 0) is 12.8 Å². The fourth-order valence-corrected chi connectivity index (χ4v) is 2.94. The molecule has 0 aromatic rings. The number of carboxylic acid groups (broad SMARTS) is 1. The van der Waals surface area contributed by atoms with Crippen LogP contribution < -0.4 is 5.32 Å². The van der Waals surface area contributed by atoms with Crippen molar-refractivity contribution in [2.75, 3.05) is 26.3 Å². The van der Waals surface area contributed by atoms with Crippen LogP contribution in [0.15, 0.2) is 0 Å². The largest absolute Gasteiger partial charge is 0.481 e. The van der Waals surface area contributed by atoms with E-state index in [1.807, 2.05) is 0 Å². The lowest BCUT2D eigenvalue weighted by Gasteiger charge is -2.39. The Hall–Kier alpha value is -1.30. The van der Waals surface area contributed by atoms with Crippen molar-refractivity contribution in [1.29, 1.82) is 0 Å². The van der Waals surface area contributed by atoms with Gasteiger partial charge in [-0.25, -0.2) is 4.79 Å². The number of carbonyl (C=O) groups is 2. The van der Waals surface area contributed by atoms with Crippen LogP contribution >= 0.6 is 0 Å². The Morgan fingerprint density at radius 1 is 1.16 bits per heavy atom. The van der Waals surface area contributed by atoms with Crippen molar-refractivity contribution < 1.29 is 19.4 Å². The zero-order valence-electron chi connectivity index (χ0n) is 11.2. The van der Waals surface area contributed by atoms with Crippen LogP contribution in [-0.4, -0.2) is 53.8 Å². The zero-order chi connectivity index (χ0) is 13.7. The van der Waals surface area contributed by atoms with Crippen LogP contribution in [0.4, 0.5) is 4.79 Å². The molecule has 0 unspecified atom stereocenters. The Morgan fingerprint density at radius 3 is 2.37 bits per heavy atom. The van der Waals surface area contributed by atoms with Crippen LogP contribution in [0.1, 0.15) is 38.5 Å². The maximum absolute atomic E-state index is 12.2. The number of rotatable bonds is 3. The standard InChI is InChI=1S/C13H22N2O4/c16-11(17)10-13(4-2-1-3-5-13)14-12(18)15-6-8-19-9-7-15/h1-10H2,(H,14,18)(H,16,17). The molecule has 1 aliphatic carbocycles. The van der Waals surface area contributed by atoms with Gasteiger partial charge in [-0.3, -0.25) is 4.79 Å². The van der Waals surface area contributed by atoms with Crippen molar-refractivity contribution >= 4 is 12.0 Å². The minimum absolute atomic E-state index is 0.0169. The minimum Gasteiger partial charge on any atom is -0.481 e. The van der Waals surface area contributed by atoms with Crippen LogP contribution in [0.25, 0.3) is 0 Å². The summed E-state index contributed by atoms with van der Waals surface area (Å²) in [5.74, 6) is -0.843. The van der Waals surface area contributed by atoms with E-state index in [2.05, 4.69) is 5.32 Å². The Morgan fingerprint density at radius 2 is 1.79 bits per heavy atom. The summed E-state index contributed by atoms with van der Waals surface area (Å²) < 4.78 is 5.21. The summed E-state index contributed by atoms with van der Waals surface area (Å²) in [6.07, 6.45) is 4.62. The maximum atomic E-state index is 12.2. The first-order valence-corrected chi connectivity index (χ1v) is 6.98.